The van der Waals surface area contributed by atoms with Gasteiger partial charge in [-0.2, -0.15) is 0 Å². The van der Waals surface area contributed by atoms with E-state index in [1.807, 2.05) is 0 Å². The summed E-state index contributed by atoms with van der Waals surface area (Å²) in [5.74, 6) is 2.85. The lowest BCUT2D eigenvalue weighted by Gasteiger charge is -2.26. The first-order chi connectivity index (χ1) is 9.66. The Bertz CT molecular complexity index is 462. The number of rotatable bonds is 6. The van der Waals surface area contributed by atoms with Gasteiger partial charge in [0, 0.05) is 37.7 Å². The molecule has 0 unspecified atom stereocenters. The minimum atomic E-state index is -0.0605. The molecule has 1 N–H and O–H groups in total. The van der Waals surface area contributed by atoms with E-state index >= 15 is 0 Å². The first-order valence-electron chi connectivity index (χ1n) is 7.65. The van der Waals surface area contributed by atoms with E-state index in [1.54, 1.807) is 0 Å². The molecule has 1 rings (SSSR count). The normalized spacial score (nSPS) is 11.9. The van der Waals surface area contributed by atoms with Gasteiger partial charge in [-0.25, -0.2) is 9.97 Å². The summed E-state index contributed by atoms with van der Waals surface area (Å²) >= 11 is 0. The summed E-state index contributed by atoms with van der Waals surface area (Å²) in [7, 11) is 6.28. The topological polar surface area (TPSA) is 44.3 Å². The number of nitrogens with zero attached hydrogens (tertiary/aromatic N) is 4. The Morgan fingerprint density at radius 3 is 2.14 bits per heavy atom. The van der Waals surface area contributed by atoms with Crippen molar-refractivity contribution in [3.8, 4) is 0 Å². The summed E-state index contributed by atoms with van der Waals surface area (Å²) in [6.45, 7) is 13.4. The first kappa shape index (κ1) is 17.7. The van der Waals surface area contributed by atoms with E-state index in [0.717, 1.165) is 42.7 Å². The van der Waals surface area contributed by atoms with Gasteiger partial charge in [-0.05, 0) is 27.9 Å². The van der Waals surface area contributed by atoms with Crippen LogP contribution < -0.4 is 10.2 Å². The molecule has 0 fully saturated rings. The molecule has 120 valence electrons. The van der Waals surface area contributed by atoms with E-state index in [1.165, 1.54) is 0 Å². The van der Waals surface area contributed by atoms with Gasteiger partial charge in [0.25, 0.3) is 0 Å². The average molecular weight is 293 g/mol. The third-order valence-corrected chi connectivity index (χ3v) is 3.38. The minimum Gasteiger partial charge on any atom is -0.370 e. The van der Waals surface area contributed by atoms with Crippen LogP contribution in [0.1, 0.15) is 39.1 Å². The number of anilines is 2. The molecular formula is C16H31N5. The highest BCUT2D eigenvalue weighted by atomic mass is 15.2. The SMILES string of the molecule is CCNc1nc(C(C)(C)C)nc(N(C)CCN(C)C)c1C. The molecule has 0 amide bonds. The van der Waals surface area contributed by atoms with E-state index in [9.17, 15) is 0 Å². The third-order valence-electron chi connectivity index (χ3n) is 3.38. The number of hydrogen-bond acceptors (Lipinski definition) is 5. The van der Waals surface area contributed by atoms with Gasteiger partial charge in [-0.3, -0.25) is 0 Å². The van der Waals surface area contributed by atoms with Gasteiger partial charge in [0.1, 0.15) is 17.5 Å². The van der Waals surface area contributed by atoms with Gasteiger partial charge in [-0.15, -0.1) is 0 Å². The molecule has 1 heterocycles. The van der Waals surface area contributed by atoms with E-state index in [-0.39, 0.29) is 5.41 Å². The Hall–Kier alpha value is -1.36. The second-order valence-corrected chi connectivity index (χ2v) is 6.85. The molecule has 0 saturated heterocycles. The molecule has 0 aliphatic carbocycles. The fourth-order valence-corrected chi connectivity index (χ4v) is 2.01. The molecule has 0 aliphatic rings. The van der Waals surface area contributed by atoms with Crippen LogP contribution in [0.4, 0.5) is 11.6 Å². The molecule has 0 bridgehead atoms. The number of aromatic nitrogens is 2. The zero-order chi connectivity index (χ0) is 16.2. The molecule has 0 aliphatic heterocycles. The van der Waals surface area contributed by atoms with Crippen LogP contribution in [-0.2, 0) is 5.41 Å². The van der Waals surface area contributed by atoms with Crippen molar-refractivity contribution in [2.45, 2.75) is 40.0 Å². The summed E-state index contributed by atoms with van der Waals surface area (Å²) in [5.41, 5.74) is 1.06. The van der Waals surface area contributed by atoms with Crippen molar-refractivity contribution in [1.29, 1.82) is 0 Å². The Balaban J connectivity index is 3.19. The first-order valence-corrected chi connectivity index (χ1v) is 7.65. The summed E-state index contributed by atoms with van der Waals surface area (Å²) in [4.78, 5) is 13.9. The third kappa shape index (κ3) is 4.84. The smallest absolute Gasteiger partial charge is 0.138 e. The predicted octanol–water partition coefficient (Wildman–Crippen LogP) is 2.51. The maximum absolute atomic E-state index is 4.82. The zero-order valence-electron chi connectivity index (χ0n) is 14.9. The van der Waals surface area contributed by atoms with Crippen LogP contribution in [0.3, 0.4) is 0 Å². The Kier molecular flexibility index (Phi) is 5.96. The molecule has 1 aromatic heterocycles. The van der Waals surface area contributed by atoms with Crippen LogP contribution in [0.15, 0.2) is 0 Å². The van der Waals surface area contributed by atoms with E-state index in [0.29, 0.717) is 0 Å². The van der Waals surface area contributed by atoms with Crippen LogP contribution in [0.5, 0.6) is 0 Å². The second-order valence-electron chi connectivity index (χ2n) is 6.85. The second kappa shape index (κ2) is 7.07. The van der Waals surface area contributed by atoms with Gasteiger partial charge in [0.05, 0.1) is 0 Å². The monoisotopic (exact) mass is 293 g/mol. The van der Waals surface area contributed by atoms with Gasteiger partial charge in [0.15, 0.2) is 0 Å². The Morgan fingerprint density at radius 1 is 1.05 bits per heavy atom. The lowest BCUT2D eigenvalue weighted by atomic mass is 9.95. The minimum absolute atomic E-state index is 0.0605. The van der Waals surface area contributed by atoms with E-state index < -0.39 is 0 Å². The Labute approximate surface area is 129 Å². The van der Waals surface area contributed by atoms with Crippen molar-refractivity contribution in [3.05, 3.63) is 11.4 Å². The maximum Gasteiger partial charge on any atom is 0.138 e. The van der Waals surface area contributed by atoms with Crippen LogP contribution in [0, 0.1) is 6.92 Å². The average Bonchev–Trinajstić information content (AvgIpc) is 2.37. The van der Waals surface area contributed by atoms with Gasteiger partial charge >= 0.3 is 0 Å². The van der Waals surface area contributed by atoms with Crippen molar-refractivity contribution in [1.82, 2.24) is 14.9 Å². The molecule has 0 atom stereocenters. The van der Waals surface area contributed by atoms with E-state index in [4.69, 9.17) is 9.97 Å². The van der Waals surface area contributed by atoms with Crippen molar-refractivity contribution >= 4 is 11.6 Å². The molecule has 0 saturated carbocycles. The molecule has 0 spiro atoms. The molecule has 0 radical (unpaired) electrons. The summed E-state index contributed by atoms with van der Waals surface area (Å²) < 4.78 is 0. The molecular weight excluding hydrogens is 262 g/mol. The maximum atomic E-state index is 4.82. The number of likely N-dealkylation sites (N-methyl/N-ethyl adjacent to an activating group) is 2. The van der Waals surface area contributed by atoms with Crippen molar-refractivity contribution in [2.75, 3.05) is 51.0 Å². The molecule has 1 aromatic rings. The zero-order valence-corrected chi connectivity index (χ0v) is 14.9. The lowest BCUT2D eigenvalue weighted by Crippen LogP contribution is -2.31. The van der Waals surface area contributed by atoms with E-state index in [2.05, 4.69) is 70.9 Å². The lowest BCUT2D eigenvalue weighted by molar-refractivity contribution is 0.416. The molecule has 5 nitrogen and oxygen atoms in total. The largest absolute Gasteiger partial charge is 0.370 e. The molecule has 21 heavy (non-hydrogen) atoms. The highest BCUT2D eigenvalue weighted by Crippen LogP contribution is 2.27. The fourth-order valence-electron chi connectivity index (χ4n) is 2.01. The molecule has 5 heteroatoms. The standard InChI is InChI=1S/C16H31N5/c1-9-17-13-12(2)14(21(8)11-10-20(6)7)19-15(18-13)16(3,4)5/h9-11H2,1-8H3,(H,17,18,19). The van der Waals surface area contributed by atoms with Crippen LogP contribution >= 0.6 is 0 Å². The van der Waals surface area contributed by atoms with Crippen LogP contribution in [0.25, 0.3) is 0 Å². The Morgan fingerprint density at radius 2 is 1.67 bits per heavy atom. The highest BCUT2D eigenvalue weighted by Gasteiger charge is 2.22. The number of hydrogen-bond donors (Lipinski definition) is 1. The fraction of sp³-hybridized carbons (Fsp3) is 0.750. The predicted molar refractivity (Wildman–Crippen MR) is 91.5 cm³/mol. The highest BCUT2D eigenvalue weighted by molar-refractivity contribution is 5.58. The van der Waals surface area contributed by atoms with Crippen LogP contribution in [0.2, 0.25) is 0 Å². The molecule has 0 aromatic carbocycles. The van der Waals surface area contributed by atoms with Crippen molar-refractivity contribution in [3.63, 3.8) is 0 Å². The van der Waals surface area contributed by atoms with Crippen molar-refractivity contribution < 1.29 is 0 Å². The summed E-state index contributed by atoms with van der Waals surface area (Å²) in [6, 6.07) is 0. The summed E-state index contributed by atoms with van der Waals surface area (Å²) in [5, 5.41) is 3.36. The van der Waals surface area contributed by atoms with Gasteiger partial charge in [-0.1, -0.05) is 20.8 Å². The van der Waals surface area contributed by atoms with Gasteiger partial charge < -0.3 is 15.1 Å². The number of nitrogens with one attached hydrogen (secondary N) is 1. The summed E-state index contributed by atoms with van der Waals surface area (Å²) in [6.07, 6.45) is 0. The van der Waals surface area contributed by atoms with Crippen LogP contribution in [-0.4, -0.2) is 55.6 Å². The van der Waals surface area contributed by atoms with Crippen molar-refractivity contribution in [2.24, 2.45) is 0 Å². The van der Waals surface area contributed by atoms with Gasteiger partial charge in [0.2, 0.25) is 0 Å². The quantitative estimate of drug-likeness (QED) is 0.873.